The van der Waals surface area contributed by atoms with E-state index >= 15 is 0 Å². The van der Waals surface area contributed by atoms with Crippen LogP contribution in [0, 0.1) is 11.6 Å². The number of ether oxygens (including phenoxy) is 1. The number of halogens is 2. The second-order valence-electron chi connectivity index (χ2n) is 4.69. The first-order chi connectivity index (χ1) is 9.20. The second kappa shape index (κ2) is 6.66. The van der Waals surface area contributed by atoms with Crippen LogP contribution in [-0.2, 0) is 11.2 Å². The van der Waals surface area contributed by atoms with Gasteiger partial charge in [-0.15, -0.1) is 0 Å². The molecule has 1 N–H and O–H groups in total. The summed E-state index contributed by atoms with van der Waals surface area (Å²) in [6, 6.07) is 3.68. The molecular formula is C15H19F2NO. The highest BCUT2D eigenvalue weighted by Crippen LogP contribution is 2.19. The summed E-state index contributed by atoms with van der Waals surface area (Å²) >= 11 is 0. The maximum absolute atomic E-state index is 13.7. The zero-order valence-electron chi connectivity index (χ0n) is 11.1. The van der Waals surface area contributed by atoms with Gasteiger partial charge in [0.25, 0.3) is 0 Å². The summed E-state index contributed by atoms with van der Waals surface area (Å²) in [7, 11) is 0. The third kappa shape index (κ3) is 3.77. The summed E-state index contributed by atoms with van der Waals surface area (Å²) in [6.07, 6.45) is 4.40. The van der Waals surface area contributed by atoms with Crippen molar-refractivity contribution in [3.63, 3.8) is 0 Å². The van der Waals surface area contributed by atoms with E-state index in [1.807, 2.05) is 6.08 Å². The van der Waals surface area contributed by atoms with Crippen molar-refractivity contribution in [3.05, 3.63) is 47.2 Å². The lowest BCUT2D eigenvalue weighted by atomic mass is 10.0. The van der Waals surface area contributed by atoms with Crippen LogP contribution in [0.25, 0.3) is 0 Å². The van der Waals surface area contributed by atoms with Crippen molar-refractivity contribution in [2.24, 2.45) is 0 Å². The van der Waals surface area contributed by atoms with Crippen molar-refractivity contribution >= 4 is 0 Å². The fourth-order valence-corrected chi connectivity index (χ4v) is 2.18. The molecule has 19 heavy (non-hydrogen) atoms. The van der Waals surface area contributed by atoms with Gasteiger partial charge in [0.2, 0.25) is 0 Å². The van der Waals surface area contributed by atoms with E-state index in [9.17, 15) is 8.78 Å². The smallest absolute Gasteiger partial charge is 0.129 e. The standard InChI is InChI=1S/C15H19F2NO/c1-2-7-18-14(15-4-3-8-19-15)9-11-5-6-12(16)10-13(11)17/h4-6,10,14,18H,2-3,7-9H2,1H3. The highest BCUT2D eigenvalue weighted by molar-refractivity contribution is 5.22. The fourth-order valence-electron chi connectivity index (χ4n) is 2.18. The predicted octanol–water partition coefficient (Wildman–Crippen LogP) is 3.18. The van der Waals surface area contributed by atoms with Crippen LogP contribution in [0.1, 0.15) is 25.3 Å². The van der Waals surface area contributed by atoms with E-state index in [4.69, 9.17) is 4.74 Å². The Morgan fingerprint density at radius 2 is 2.21 bits per heavy atom. The molecule has 0 bridgehead atoms. The first-order valence-corrected chi connectivity index (χ1v) is 6.71. The van der Waals surface area contributed by atoms with Gasteiger partial charge < -0.3 is 10.1 Å². The van der Waals surface area contributed by atoms with Crippen LogP contribution in [0.4, 0.5) is 8.78 Å². The molecule has 104 valence electrons. The van der Waals surface area contributed by atoms with Crippen LogP contribution in [0.3, 0.4) is 0 Å². The zero-order valence-corrected chi connectivity index (χ0v) is 11.1. The van der Waals surface area contributed by atoms with Crippen molar-refractivity contribution in [3.8, 4) is 0 Å². The molecule has 4 heteroatoms. The molecular weight excluding hydrogens is 248 g/mol. The summed E-state index contributed by atoms with van der Waals surface area (Å²) in [4.78, 5) is 0. The quantitative estimate of drug-likeness (QED) is 0.854. The Labute approximate surface area is 112 Å². The number of hydrogen-bond donors (Lipinski definition) is 1. The van der Waals surface area contributed by atoms with Crippen LogP contribution >= 0.6 is 0 Å². The Morgan fingerprint density at radius 1 is 1.37 bits per heavy atom. The average Bonchev–Trinajstić information content (AvgIpc) is 2.90. The number of nitrogens with one attached hydrogen (secondary N) is 1. The Bertz CT molecular complexity index is 459. The Kier molecular flexibility index (Phi) is 4.91. The first kappa shape index (κ1) is 14.0. The Balaban J connectivity index is 2.10. The summed E-state index contributed by atoms with van der Waals surface area (Å²) < 4.78 is 32.1. The van der Waals surface area contributed by atoms with Crippen molar-refractivity contribution < 1.29 is 13.5 Å². The maximum atomic E-state index is 13.7. The van der Waals surface area contributed by atoms with Crippen molar-refractivity contribution in [1.82, 2.24) is 5.32 Å². The van der Waals surface area contributed by atoms with Gasteiger partial charge in [-0.3, -0.25) is 0 Å². The summed E-state index contributed by atoms with van der Waals surface area (Å²) in [5.41, 5.74) is 0.506. The van der Waals surface area contributed by atoms with Gasteiger partial charge in [-0.2, -0.15) is 0 Å². The molecule has 0 amide bonds. The molecule has 0 fully saturated rings. The van der Waals surface area contributed by atoms with Crippen molar-refractivity contribution in [1.29, 1.82) is 0 Å². The Morgan fingerprint density at radius 3 is 2.84 bits per heavy atom. The lowest BCUT2D eigenvalue weighted by Crippen LogP contribution is -2.34. The highest BCUT2D eigenvalue weighted by atomic mass is 19.1. The van der Waals surface area contributed by atoms with E-state index in [1.54, 1.807) is 0 Å². The topological polar surface area (TPSA) is 21.3 Å². The largest absolute Gasteiger partial charge is 0.496 e. The third-order valence-corrected chi connectivity index (χ3v) is 3.16. The van der Waals surface area contributed by atoms with Crippen molar-refractivity contribution in [2.45, 2.75) is 32.2 Å². The molecule has 1 atom stereocenters. The first-order valence-electron chi connectivity index (χ1n) is 6.71. The van der Waals surface area contributed by atoms with Gasteiger partial charge in [-0.05, 0) is 37.1 Å². The molecule has 0 aromatic heterocycles. The highest BCUT2D eigenvalue weighted by Gasteiger charge is 2.20. The zero-order chi connectivity index (χ0) is 13.7. The minimum Gasteiger partial charge on any atom is -0.496 e. The SMILES string of the molecule is CCCNC(Cc1ccc(F)cc1F)C1=CCCO1. The average molecular weight is 267 g/mol. The normalized spacial score (nSPS) is 16.1. The fraction of sp³-hybridized carbons (Fsp3) is 0.467. The molecule has 1 unspecified atom stereocenters. The summed E-state index contributed by atoms with van der Waals surface area (Å²) in [5, 5.41) is 3.35. The molecule has 0 aliphatic carbocycles. The summed E-state index contributed by atoms with van der Waals surface area (Å²) in [5.74, 6) is -0.172. The van der Waals surface area contributed by atoms with Crippen LogP contribution in [0.15, 0.2) is 30.0 Å². The van der Waals surface area contributed by atoms with E-state index in [2.05, 4.69) is 12.2 Å². The molecule has 1 aliphatic heterocycles. The molecule has 1 aliphatic rings. The molecule has 2 nitrogen and oxygen atoms in total. The minimum atomic E-state index is -0.546. The lowest BCUT2D eigenvalue weighted by molar-refractivity contribution is 0.214. The van der Waals surface area contributed by atoms with E-state index in [0.29, 0.717) is 18.6 Å². The van der Waals surface area contributed by atoms with Gasteiger partial charge >= 0.3 is 0 Å². The monoisotopic (exact) mass is 267 g/mol. The van der Waals surface area contributed by atoms with Gasteiger partial charge in [0, 0.05) is 12.5 Å². The van der Waals surface area contributed by atoms with Crippen LogP contribution in [0.2, 0.25) is 0 Å². The van der Waals surface area contributed by atoms with E-state index in [-0.39, 0.29) is 6.04 Å². The molecule has 1 aromatic carbocycles. The van der Waals surface area contributed by atoms with Gasteiger partial charge in [0.15, 0.2) is 0 Å². The van der Waals surface area contributed by atoms with Crippen molar-refractivity contribution in [2.75, 3.05) is 13.2 Å². The predicted molar refractivity (Wildman–Crippen MR) is 70.8 cm³/mol. The van der Waals surface area contributed by atoms with Crippen LogP contribution in [0.5, 0.6) is 0 Å². The second-order valence-corrected chi connectivity index (χ2v) is 4.69. The third-order valence-electron chi connectivity index (χ3n) is 3.16. The van der Waals surface area contributed by atoms with E-state index in [1.165, 1.54) is 12.1 Å². The number of hydrogen-bond acceptors (Lipinski definition) is 2. The number of rotatable bonds is 6. The van der Waals surface area contributed by atoms with E-state index in [0.717, 1.165) is 31.2 Å². The minimum absolute atomic E-state index is 0.0394. The van der Waals surface area contributed by atoms with Crippen LogP contribution < -0.4 is 5.32 Å². The summed E-state index contributed by atoms with van der Waals surface area (Å²) in [6.45, 7) is 3.60. The van der Waals surface area contributed by atoms with E-state index < -0.39 is 11.6 Å². The maximum Gasteiger partial charge on any atom is 0.129 e. The van der Waals surface area contributed by atoms with Gasteiger partial charge in [-0.1, -0.05) is 13.0 Å². The molecule has 0 radical (unpaired) electrons. The Hall–Kier alpha value is -1.42. The van der Waals surface area contributed by atoms with Gasteiger partial charge in [0.1, 0.15) is 17.4 Å². The molecule has 1 aromatic rings. The molecule has 0 saturated carbocycles. The molecule has 0 spiro atoms. The number of benzene rings is 1. The lowest BCUT2D eigenvalue weighted by Gasteiger charge is -2.20. The van der Waals surface area contributed by atoms with Gasteiger partial charge in [0.05, 0.1) is 12.6 Å². The van der Waals surface area contributed by atoms with Crippen LogP contribution in [-0.4, -0.2) is 19.2 Å². The molecule has 1 heterocycles. The van der Waals surface area contributed by atoms with Gasteiger partial charge in [-0.25, -0.2) is 8.78 Å². The molecule has 2 rings (SSSR count). The molecule has 0 saturated heterocycles.